The van der Waals surface area contributed by atoms with Gasteiger partial charge in [0, 0.05) is 12.6 Å². The fourth-order valence-corrected chi connectivity index (χ4v) is 5.88. The third kappa shape index (κ3) is 3.21. The van der Waals surface area contributed by atoms with E-state index in [9.17, 15) is 13.2 Å². The Morgan fingerprint density at radius 3 is 2.88 bits per heavy atom. The Balaban J connectivity index is 1.57. The molecule has 3 heterocycles. The third-order valence-electron chi connectivity index (χ3n) is 4.32. The van der Waals surface area contributed by atoms with Crippen molar-refractivity contribution in [1.82, 2.24) is 19.8 Å². The van der Waals surface area contributed by atoms with E-state index in [-0.39, 0.29) is 23.7 Å². The zero-order valence-corrected chi connectivity index (χ0v) is 15.3. The molecular formula is C15H18N4O4S2. The van der Waals surface area contributed by atoms with Crippen LogP contribution in [0.3, 0.4) is 0 Å². The monoisotopic (exact) mass is 382 g/mol. The second kappa shape index (κ2) is 6.19. The first-order chi connectivity index (χ1) is 11.9. The minimum absolute atomic E-state index is 0.0434. The Morgan fingerprint density at radius 1 is 1.40 bits per heavy atom. The summed E-state index contributed by atoms with van der Waals surface area (Å²) in [5, 5.41) is 8.32. The van der Waals surface area contributed by atoms with Crippen molar-refractivity contribution >= 4 is 27.3 Å². The molecule has 4 rings (SSSR count). The molecule has 1 aliphatic heterocycles. The van der Waals surface area contributed by atoms with Crippen molar-refractivity contribution in [1.29, 1.82) is 0 Å². The quantitative estimate of drug-likeness (QED) is 0.846. The van der Waals surface area contributed by atoms with Crippen LogP contribution < -0.4 is 5.32 Å². The van der Waals surface area contributed by atoms with Crippen LogP contribution in [0.15, 0.2) is 20.2 Å². The van der Waals surface area contributed by atoms with Gasteiger partial charge in [-0.25, -0.2) is 8.42 Å². The van der Waals surface area contributed by atoms with Crippen LogP contribution in [0.4, 0.5) is 0 Å². The third-order valence-corrected chi connectivity index (χ3v) is 7.76. The summed E-state index contributed by atoms with van der Waals surface area (Å²) < 4.78 is 32.7. The molecule has 10 heteroatoms. The van der Waals surface area contributed by atoms with Crippen LogP contribution in [0, 0.1) is 6.92 Å². The van der Waals surface area contributed by atoms with Crippen molar-refractivity contribution in [2.75, 3.05) is 6.54 Å². The van der Waals surface area contributed by atoms with Crippen LogP contribution in [0.5, 0.6) is 0 Å². The number of aryl methyl sites for hydroxylation is 1. The molecule has 1 saturated carbocycles. The molecule has 134 valence electrons. The molecular weight excluding hydrogens is 364 g/mol. The van der Waals surface area contributed by atoms with Gasteiger partial charge in [-0.15, -0.1) is 11.3 Å². The van der Waals surface area contributed by atoms with Crippen molar-refractivity contribution in [3.8, 4) is 0 Å². The maximum atomic E-state index is 12.9. The van der Waals surface area contributed by atoms with Gasteiger partial charge in [0.25, 0.3) is 21.8 Å². The standard InChI is InChI=1S/C15H18N4O4S2/c1-9-7-12(24-8-9)25(21,22)19-6-2-3-11(19)15-17-13(18-23-15)14(20)16-10-4-5-10/h7-8,10-11H,2-6H2,1H3,(H,16,20). The molecule has 8 nitrogen and oxygen atoms in total. The largest absolute Gasteiger partial charge is 0.346 e. The van der Waals surface area contributed by atoms with Crippen LogP contribution >= 0.6 is 11.3 Å². The molecule has 1 atom stereocenters. The van der Waals surface area contributed by atoms with Gasteiger partial charge >= 0.3 is 0 Å². The molecule has 0 bridgehead atoms. The smallest absolute Gasteiger partial charge is 0.292 e. The molecule has 1 saturated heterocycles. The fourth-order valence-electron chi connectivity index (χ4n) is 2.87. The Morgan fingerprint density at radius 2 is 2.20 bits per heavy atom. The predicted octanol–water partition coefficient (Wildman–Crippen LogP) is 1.86. The normalized spacial score (nSPS) is 21.6. The summed E-state index contributed by atoms with van der Waals surface area (Å²) in [6, 6.07) is 1.33. The molecule has 2 aromatic heterocycles. The minimum Gasteiger partial charge on any atom is -0.346 e. The first kappa shape index (κ1) is 16.7. The molecule has 0 aromatic carbocycles. The van der Waals surface area contributed by atoms with Crippen LogP contribution in [0.25, 0.3) is 0 Å². The summed E-state index contributed by atoms with van der Waals surface area (Å²) in [6.07, 6.45) is 3.23. The van der Waals surface area contributed by atoms with E-state index in [1.807, 2.05) is 12.3 Å². The second-order valence-electron chi connectivity index (χ2n) is 6.42. The van der Waals surface area contributed by atoms with Gasteiger partial charge in [-0.05, 0) is 49.6 Å². The number of rotatable bonds is 5. The van der Waals surface area contributed by atoms with Crippen LogP contribution in [0.2, 0.25) is 0 Å². The first-order valence-electron chi connectivity index (χ1n) is 8.16. The molecule has 1 N–H and O–H groups in total. The Hall–Kier alpha value is -1.78. The molecule has 0 radical (unpaired) electrons. The maximum Gasteiger partial charge on any atom is 0.292 e. The van der Waals surface area contributed by atoms with Crippen LogP contribution in [-0.4, -0.2) is 41.4 Å². The van der Waals surface area contributed by atoms with Crippen LogP contribution in [0.1, 0.15) is 53.8 Å². The van der Waals surface area contributed by atoms with Gasteiger partial charge in [0.1, 0.15) is 10.3 Å². The summed E-state index contributed by atoms with van der Waals surface area (Å²) >= 11 is 1.20. The number of aromatic nitrogens is 2. The van der Waals surface area contributed by atoms with E-state index in [0.717, 1.165) is 18.4 Å². The minimum atomic E-state index is -3.61. The number of hydrogen-bond donors (Lipinski definition) is 1. The van der Waals surface area contributed by atoms with Crippen molar-refractivity contribution in [3.63, 3.8) is 0 Å². The highest BCUT2D eigenvalue weighted by Crippen LogP contribution is 2.37. The molecule has 1 amide bonds. The van der Waals surface area contributed by atoms with Crippen molar-refractivity contribution < 1.29 is 17.7 Å². The Kier molecular flexibility index (Phi) is 4.13. The summed E-state index contributed by atoms with van der Waals surface area (Å²) in [5.74, 6) is -0.243. The highest BCUT2D eigenvalue weighted by Gasteiger charge is 2.40. The van der Waals surface area contributed by atoms with E-state index in [1.165, 1.54) is 15.6 Å². The molecule has 1 unspecified atom stereocenters. The molecule has 1 aliphatic carbocycles. The SMILES string of the molecule is Cc1csc(S(=O)(=O)N2CCCC2c2nc(C(=O)NC3CC3)no2)c1. The lowest BCUT2D eigenvalue weighted by atomic mass is 10.2. The predicted molar refractivity (Wildman–Crippen MR) is 89.7 cm³/mol. The van der Waals surface area contributed by atoms with Gasteiger partial charge in [-0.1, -0.05) is 5.16 Å². The topological polar surface area (TPSA) is 105 Å². The molecule has 2 aliphatic rings. The number of sulfonamides is 1. The highest BCUT2D eigenvalue weighted by atomic mass is 32.2. The maximum absolute atomic E-state index is 12.9. The van der Waals surface area contributed by atoms with Crippen molar-refractivity contribution in [3.05, 3.63) is 28.7 Å². The van der Waals surface area contributed by atoms with Crippen molar-refractivity contribution in [2.24, 2.45) is 0 Å². The summed E-state index contributed by atoms with van der Waals surface area (Å²) in [4.78, 5) is 16.1. The average molecular weight is 382 g/mol. The van der Waals surface area contributed by atoms with E-state index in [0.29, 0.717) is 23.6 Å². The molecule has 0 spiro atoms. The Bertz CT molecular complexity index is 900. The number of carbonyl (C=O) groups excluding carboxylic acids is 1. The van der Waals surface area contributed by atoms with E-state index in [2.05, 4.69) is 15.5 Å². The van der Waals surface area contributed by atoms with Crippen molar-refractivity contribution in [2.45, 2.75) is 48.9 Å². The summed E-state index contributed by atoms with van der Waals surface area (Å²) in [6.45, 7) is 2.26. The molecule has 25 heavy (non-hydrogen) atoms. The Labute approximate surface area is 149 Å². The van der Waals surface area contributed by atoms with Gasteiger partial charge in [0.15, 0.2) is 0 Å². The number of hydrogen-bond acceptors (Lipinski definition) is 7. The highest BCUT2D eigenvalue weighted by molar-refractivity contribution is 7.91. The average Bonchev–Trinajstić information content (AvgIpc) is 3.03. The van der Waals surface area contributed by atoms with E-state index >= 15 is 0 Å². The lowest BCUT2D eigenvalue weighted by Gasteiger charge is -2.20. The van der Waals surface area contributed by atoms with E-state index in [1.54, 1.807) is 6.07 Å². The van der Waals surface area contributed by atoms with Crippen LogP contribution in [-0.2, 0) is 10.0 Å². The number of nitrogens with zero attached hydrogens (tertiary/aromatic N) is 3. The lowest BCUT2D eigenvalue weighted by Crippen LogP contribution is -2.30. The van der Waals surface area contributed by atoms with Gasteiger partial charge in [0.05, 0.1) is 0 Å². The zero-order valence-electron chi connectivity index (χ0n) is 13.6. The number of nitrogens with one attached hydrogen (secondary N) is 1. The lowest BCUT2D eigenvalue weighted by molar-refractivity contribution is 0.0937. The summed E-state index contributed by atoms with van der Waals surface area (Å²) in [7, 11) is -3.61. The first-order valence-corrected chi connectivity index (χ1v) is 10.5. The molecule has 2 aromatic rings. The second-order valence-corrected chi connectivity index (χ2v) is 9.45. The summed E-state index contributed by atoms with van der Waals surface area (Å²) in [5.41, 5.74) is 0.913. The van der Waals surface area contributed by atoms with Gasteiger partial charge in [0.2, 0.25) is 5.89 Å². The number of thiophene rings is 1. The van der Waals surface area contributed by atoms with E-state index in [4.69, 9.17) is 4.52 Å². The zero-order chi connectivity index (χ0) is 17.6. The van der Waals surface area contributed by atoms with Gasteiger partial charge in [-0.3, -0.25) is 4.79 Å². The van der Waals surface area contributed by atoms with E-state index < -0.39 is 16.1 Å². The number of carbonyl (C=O) groups is 1. The van der Waals surface area contributed by atoms with Gasteiger partial charge < -0.3 is 9.84 Å². The fraction of sp³-hybridized carbons (Fsp3) is 0.533. The van der Waals surface area contributed by atoms with Gasteiger partial charge in [-0.2, -0.15) is 9.29 Å². The molecule has 2 fully saturated rings. The number of amides is 1.